The van der Waals surface area contributed by atoms with Crippen molar-refractivity contribution in [3.8, 4) is 22.5 Å². The minimum Gasteiger partial charge on any atom is -0.332 e. The molecule has 3 aromatic carbocycles. The zero-order valence-electron chi connectivity index (χ0n) is 16.4. The molecule has 0 unspecified atom stereocenters. The number of halogens is 1. The van der Waals surface area contributed by atoms with Gasteiger partial charge in [0.1, 0.15) is 0 Å². The number of rotatable bonds is 6. The van der Waals surface area contributed by atoms with Crippen LogP contribution in [0, 0.1) is 6.92 Å². The molecule has 6 heteroatoms. The van der Waals surface area contributed by atoms with Gasteiger partial charge in [-0.05, 0) is 30.7 Å². The summed E-state index contributed by atoms with van der Waals surface area (Å²) in [6, 6.07) is 25.5. The van der Waals surface area contributed by atoms with E-state index in [0.29, 0.717) is 10.2 Å². The lowest BCUT2D eigenvalue weighted by molar-refractivity contribution is -0.113. The number of imidazole rings is 1. The predicted molar refractivity (Wildman–Crippen MR) is 125 cm³/mol. The van der Waals surface area contributed by atoms with Crippen LogP contribution in [0.15, 0.2) is 84.0 Å². The fourth-order valence-corrected chi connectivity index (χ4v) is 4.02. The molecule has 0 saturated carbocycles. The first-order valence-electron chi connectivity index (χ1n) is 9.50. The molecule has 30 heavy (non-hydrogen) atoms. The number of anilines is 1. The number of hydrogen-bond donors (Lipinski definition) is 2. The zero-order valence-corrected chi connectivity index (χ0v) is 17.9. The maximum Gasteiger partial charge on any atom is 0.234 e. The summed E-state index contributed by atoms with van der Waals surface area (Å²) < 4.78 is 0. The van der Waals surface area contributed by atoms with Crippen molar-refractivity contribution in [3.63, 3.8) is 0 Å². The highest BCUT2D eigenvalue weighted by atomic mass is 35.5. The molecule has 0 radical (unpaired) electrons. The average molecular weight is 434 g/mol. The molecule has 4 nitrogen and oxygen atoms in total. The second-order valence-electron chi connectivity index (χ2n) is 6.79. The predicted octanol–water partition coefficient (Wildman–Crippen LogP) is 6.44. The third-order valence-corrected chi connectivity index (χ3v) is 5.70. The van der Waals surface area contributed by atoms with E-state index in [2.05, 4.69) is 10.3 Å². The van der Waals surface area contributed by atoms with Crippen LogP contribution in [0.4, 0.5) is 5.69 Å². The second-order valence-corrected chi connectivity index (χ2v) is 8.19. The van der Waals surface area contributed by atoms with E-state index in [9.17, 15) is 4.79 Å². The monoisotopic (exact) mass is 433 g/mol. The van der Waals surface area contributed by atoms with Crippen LogP contribution in [-0.2, 0) is 4.79 Å². The van der Waals surface area contributed by atoms with Gasteiger partial charge in [0.05, 0.1) is 17.1 Å². The molecule has 1 amide bonds. The van der Waals surface area contributed by atoms with Crippen molar-refractivity contribution in [3.05, 3.63) is 89.4 Å². The maximum atomic E-state index is 12.4. The Morgan fingerprint density at radius 3 is 2.33 bits per heavy atom. The van der Waals surface area contributed by atoms with Gasteiger partial charge in [-0.2, -0.15) is 0 Å². The van der Waals surface area contributed by atoms with Gasteiger partial charge in [-0.1, -0.05) is 84.0 Å². The number of aromatic amines is 1. The molecule has 0 bridgehead atoms. The molecule has 2 N–H and O–H groups in total. The number of thioether (sulfide) groups is 1. The molecule has 1 aromatic heterocycles. The molecule has 4 rings (SSSR count). The van der Waals surface area contributed by atoms with Crippen molar-refractivity contribution in [2.75, 3.05) is 11.1 Å². The first kappa shape index (κ1) is 20.3. The molecule has 0 aliphatic heterocycles. The van der Waals surface area contributed by atoms with E-state index in [-0.39, 0.29) is 11.7 Å². The SMILES string of the molecule is Cc1cc(Cl)ccc1NC(=O)CSc1nc(-c2ccccc2)c(-c2ccccc2)[nH]1. The smallest absolute Gasteiger partial charge is 0.234 e. The van der Waals surface area contributed by atoms with Crippen LogP contribution in [0.25, 0.3) is 22.5 Å². The highest BCUT2D eigenvalue weighted by Crippen LogP contribution is 2.32. The van der Waals surface area contributed by atoms with Crippen molar-refractivity contribution in [1.82, 2.24) is 9.97 Å². The Morgan fingerprint density at radius 2 is 1.67 bits per heavy atom. The molecule has 0 saturated heterocycles. The minimum absolute atomic E-state index is 0.0932. The lowest BCUT2D eigenvalue weighted by Crippen LogP contribution is -2.14. The van der Waals surface area contributed by atoms with E-state index in [1.807, 2.05) is 79.7 Å². The minimum atomic E-state index is -0.0932. The van der Waals surface area contributed by atoms with Crippen LogP contribution < -0.4 is 5.32 Å². The lowest BCUT2D eigenvalue weighted by atomic mass is 10.1. The van der Waals surface area contributed by atoms with Crippen LogP contribution in [0.1, 0.15) is 5.56 Å². The maximum absolute atomic E-state index is 12.4. The van der Waals surface area contributed by atoms with Gasteiger partial charge in [0.25, 0.3) is 0 Å². The molecule has 0 aliphatic carbocycles. The molecule has 4 aromatic rings. The number of aryl methyl sites for hydroxylation is 1. The third-order valence-electron chi connectivity index (χ3n) is 4.59. The van der Waals surface area contributed by atoms with Crippen LogP contribution in [0.5, 0.6) is 0 Å². The Bertz CT molecular complexity index is 1100. The van der Waals surface area contributed by atoms with Gasteiger partial charge in [-0.3, -0.25) is 4.79 Å². The zero-order chi connectivity index (χ0) is 20.9. The normalized spacial score (nSPS) is 10.7. The highest BCUT2D eigenvalue weighted by molar-refractivity contribution is 7.99. The molecular weight excluding hydrogens is 414 g/mol. The van der Waals surface area contributed by atoms with Crippen LogP contribution in [0.2, 0.25) is 5.02 Å². The molecule has 150 valence electrons. The molecule has 1 heterocycles. The van der Waals surface area contributed by atoms with Crippen molar-refractivity contribution >= 4 is 35.0 Å². The number of amides is 1. The number of hydrogen-bond acceptors (Lipinski definition) is 3. The third kappa shape index (κ3) is 4.75. The van der Waals surface area contributed by atoms with Crippen molar-refractivity contribution in [2.24, 2.45) is 0 Å². The quantitative estimate of drug-likeness (QED) is 0.344. The van der Waals surface area contributed by atoms with Crippen molar-refractivity contribution < 1.29 is 4.79 Å². The summed E-state index contributed by atoms with van der Waals surface area (Å²) >= 11 is 7.36. The average Bonchev–Trinajstić information content (AvgIpc) is 3.20. The Labute approximate surface area is 184 Å². The summed E-state index contributed by atoms with van der Waals surface area (Å²) in [5, 5.41) is 4.29. The van der Waals surface area contributed by atoms with Gasteiger partial charge in [-0.15, -0.1) is 0 Å². The summed E-state index contributed by atoms with van der Waals surface area (Å²) in [7, 11) is 0. The Kier molecular flexibility index (Phi) is 6.21. The number of carbonyl (C=O) groups is 1. The Balaban J connectivity index is 1.53. The van der Waals surface area contributed by atoms with E-state index < -0.39 is 0 Å². The molecule has 0 spiro atoms. The van der Waals surface area contributed by atoms with E-state index in [1.165, 1.54) is 11.8 Å². The summed E-state index contributed by atoms with van der Waals surface area (Å²) in [6.07, 6.45) is 0. The molecular formula is C24H20ClN3OS. The fraction of sp³-hybridized carbons (Fsp3) is 0.0833. The van der Waals surface area contributed by atoms with Gasteiger partial charge in [0.15, 0.2) is 5.16 Å². The van der Waals surface area contributed by atoms with Crippen LogP contribution >= 0.6 is 23.4 Å². The van der Waals surface area contributed by atoms with Gasteiger partial charge in [0, 0.05) is 21.8 Å². The fourth-order valence-electron chi connectivity index (χ4n) is 3.13. The first-order chi connectivity index (χ1) is 14.6. The van der Waals surface area contributed by atoms with E-state index in [0.717, 1.165) is 33.8 Å². The molecule has 0 aliphatic rings. The van der Waals surface area contributed by atoms with Crippen LogP contribution in [0.3, 0.4) is 0 Å². The topological polar surface area (TPSA) is 57.8 Å². The lowest BCUT2D eigenvalue weighted by Gasteiger charge is -2.08. The number of nitrogens with zero attached hydrogens (tertiary/aromatic N) is 1. The van der Waals surface area contributed by atoms with Gasteiger partial charge >= 0.3 is 0 Å². The summed E-state index contributed by atoms with van der Waals surface area (Å²) in [5.74, 6) is 0.155. The standard InChI is InChI=1S/C24H20ClN3OS/c1-16-14-19(25)12-13-20(16)26-21(29)15-30-24-27-22(17-8-4-2-5-9-17)23(28-24)18-10-6-3-7-11-18/h2-14H,15H2,1H3,(H,26,29)(H,27,28). The number of benzene rings is 3. The largest absolute Gasteiger partial charge is 0.332 e. The van der Waals surface area contributed by atoms with Crippen molar-refractivity contribution in [2.45, 2.75) is 12.1 Å². The highest BCUT2D eigenvalue weighted by Gasteiger charge is 2.15. The van der Waals surface area contributed by atoms with Gasteiger partial charge in [-0.25, -0.2) is 4.98 Å². The summed E-state index contributed by atoms with van der Waals surface area (Å²) in [6.45, 7) is 1.92. The molecule has 0 atom stereocenters. The number of H-pyrrole nitrogens is 1. The number of carbonyl (C=O) groups excluding carboxylic acids is 1. The first-order valence-corrected chi connectivity index (χ1v) is 10.9. The number of nitrogens with one attached hydrogen (secondary N) is 2. The Hall–Kier alpha value is -3.02. The Morgan fingerprint density at radius 1 is 1.00 bits per heavy atom. The second kappa shape index (κ2) is 9.20. The van der Waals surface area contributed by atoms with E-state index in [1.54, 1.807) is 6.07 Å². The van der Waals surface area contributed by atoms with E-state index >= 15 is 0 Å². The summed E-state index contributed by atoms with van der Waals surface area (Å²) in [4.78, 5) is 20.6. The van der Waals surface area contributed by atoms with Crippen molar-refractivity contribution in [1.29, 1.82) is 0 Å². The number of aromatic nitrogens is 2. The van der Waals surface area contributed by atoms with Crippen LogP contribution in [-0.4, -0.2) is 21.6 Å². The van der Waals surface area contributed by atoms with E-state index in [4.69, 9.17) is 16.6 Å². The summed E-state index contributed by atoms with van der Waals surface area (Å²) in [5.41, 5.74) is 5.59. The van der Waals surface area contributed by atoms with Gasteiger partial charge < -0.3 is 10.3 Å². The molecule has 0 fully saturated rings. The van der Waals surface area contributed by atoms with Gasteiger partial charge in [0.2, 0.25) is 5.91 Å².